The maximum absolute atomic E-state index is 13.2. The number of carbonyl (C=O) groups excluding carboxylic acids is 1. The third kappa shape index (κ3) is 4.43. The average Bonchev–Trinajstić information content (AvgIpc) is 2.99. The summed E-state index contributed by atoms with van der Waals surface area (Å²) in [5, 5.41) is 2.98. The van der Waals surface area contributed by atoms with Gasteiger partial charge in [0.15, 0.2) is 0 Å². The Kier molecular flexibility index (Phi) is 5.56. The van der Waals surface area contributed by atoms with Crippen molar-refractivity contribution in [2.45, 2.75) is 45.4 Å². The van der Waals surface area contributed by atoms with Crippen LogP contribution in [0.25, 0.3) is 0 Å². The van der Waals surface area contributed by atoms with Crippen LogP contribution in [-0.2, 0) is 11.3 Å². The zero-order valence-corrected chi connectivity index (χ0v) is 12.6. The van der Waals surface area contributed by atoms with Gasteiger partial charge in [-0.2, -0.15) is 0 Å². The summed E-state index contributed by atoms with van der Waals surface area (Å²) in [6.45, 7) is 5.62. The molecule has 2 unspecified atom stereocenters. The van der Waals surface area contributed by atoms with Gasteiger partial charge in [0, 0.05) is 19.7 Å². The van der Waals surface area contributed by atoms with E-state index >= 15 is 0 Å². The summed E-state index contributed by atoms with van der Waals surface area (Å²) in [5.74, 6) is -0.281. The zero-order chi connectivity index (χ0) is 15.2. The van der Waals surface area contributed by atoms with Crippen molar-refractivity contribution in [1.29, 1.82) is 0 Å². The van der Waals surface area contributed by atoms with Crippen molar-refractivity contribution in [3.63, 3.8) is 0 Å². The Hall–Kier alpha value is -1.62. The molecule has 2 amide bonds. The highest BCUT2D eigenvalue weighted by Gasteiger charge is 2.25. The first-order valence-corrected chi connectivity index (χ1v) is 7.51. The molecule has 0 bridgehead atoms. The molecule has 1 aliphatic rings. The molecule has 1 heterocycles. The number of halogens is 1. The lowest BCUT2D eigenvalue weighted by Gasteiger charge is -2.26. The molecule has 1 aliphatic heterocycles. The van der Waals surface area contributed by atoms with Gasteiger partial charge in [0.05, 0.1) is 12.1 Å². The fourth-order valence-electron chi connectivity index (χ4n) is 2.56. The number of nitrogens with zero attached hydrogens (tertiary/aromatic N) is 1. The second-order valence-corrected chi connectivity index (χ2v) is 5.43. The third-order valence-electron chi connectivity index (χ3n) is 3.81. The molecule has 1 N–H and O–H groups in total. The van der Waals surface area contributed by atoms with E-state index in [1.807, 2.05) is 19.9 Å². The normalized spacial score (nSPS) is 19.3. The first kappa shape index (κ1) is 15.8. The van der Waals surface area contributed by atoms with Crippen molar-refractivity contribution < 1.29 is 13.9 Å². The van der Waals surface area contributed by atoms with E-state index in [1.54, 1.807) is 11.0 Å². The Morgan fingerprint density at radius 2 is 2.38 bits per heavy atom. The summed E-state index contributed by atoms with van der Waals surface area (Å²) in [5.41, 5.74) is 0.789. The van der Waals surface area contributed by atoms with Gasteiger partial charge in [0.25, 0.3) is 0 Å². The summed E-state index contributed by atoms with van der Waals surface area (Å²) in [7, 11) is 0. The van der Waals surface area contributed by atoms with Gasteiger partial charge in [0.1, 0.15) is 5.82 Å². The Labute approximate surface area is 125 Å². The number of hydrogen-bond donors (Lipinski definition) is 1. The molecule has 0 aliphatic carbocycles. The molecule has 1 fully saturated rings. The zero-order valence-electron chi connectivity index (χ0n) is 12.6. The van der Waals surface area contributed by atoms with Crippen molar-refractivity contribution >= 4 is 6.03 Å². The van der Waals surface area contributed by atoms with Crippen LogP contribution >= 0.6 is 0 Å². The molecular weight excluding hydrogens is 271 g/mol. The number of amides is 2. The quantitative estimate of drug-likeness (QED) is 0.907. The van der Waals surface area contributed by atoms with E-state index in [0.29, 0.717) is 13.1 Å². The molecule has 0 aromatic heterocycles. The van der Waals surface area contributed by atoms with Crippen molar-refractivity contribution in [3.05, 3.63) is 35.6 Å². The van der Waals surface area contributed by atoms with Crippen LogP contribution in [0.2, 0.25) is 0 Å². The maximum atomic E-state index is 13.2. The van der Waals surface area contributed by atoms with Gasteiger partial charge >= 0.3 is 6.03 Å². The van der Waals surface area contributed by atoms with E-state index < -0.39 is 0 Å². The summed E-state index contributed by atoms with van der Waals surface area (Å²) in [6, 6.07) is 6.19. The summed E-state index contributed by atoms with van der Waals surface area (Å²) in [6.07, 6.45) is 2.13. The number of benzene rings is 1. The minimum absolute atomic E-state index is 0.0124. The van der Waals surface area contributed by atoms with Crippen LogP contribution in [0.4, 0.5) is 9.18 Å². The van der Waals surface area contributed by atoms with Crippen LogP contribution < -0.4 is 5.32 Å². The van der Waals surface area contributed by atoms with Crippen LogP contribution in [0.5, 0.6) is 0 Å². The lowest BCUT2D eigenvalue weighted by molar-refractivity contribution is 0.0832. The third-order valence-corrected chi connectivity index (χ3v) is 3.81. The molecule has 0 radical (unpaired) electrons. The lowest BCUT2D eigenvalue weighted by Crippen LogP contribution is -2.47. The molecular formula is C16H23FN2O2. The Balaban J connectivity index is 1.91. The average molecular weight is 294 g/mol. The molecule has 1 saturated heterocycles. The van der Waals surface area contributed by atoms with Crippen molar-refractivity contribution in [2.75, 3.05) is 13.2 Å². The highest BCUT2D eigenvalue weighted by Crippen LogP contribution is 2.16. The second kappa shape index (κ2) is 7.41. The highest BCUT2D eigenvalue weighted by atomic mass is 19.1. The second-order valence-electron chi connectivity index (χ2n) is 5.43. The Morgan fingerprint density at radius 1 is 1.57 bits per heavy atom. The van der Waals surface area contributed by atoms with Crippen LogP contribution in [0.1, 0.15) is 32.3 Å². The molecule has 0 saturated carbocycles. The molecule has 2 rings (SSSR count). The number of nitrogens with one attached hydrogen (secondary N) is 1. The first-order valence-electron chi connectivity index (χ1n) is 7.51. The minimum atomic E-state index is -0.281. The fourth-order valence-corrected chi connectivity index (χ4v) is 2.56. The van der Waals surface area contributed by atoms with Crippen LogP contribution in [0.3, 0.4) is 0 Å². The topological polar surface area (TPSA) is 41.6 Å². The number of carbonyl (C=O) groups is 1. The van der Waals surface area contributed by atoms with E-state index in [1.165, 1.54) is 12.1 Å². The number of ether oxygens (including phenoxy) is 1. The maximum Gasteiger partial charge on any atom is 0.317 e. The van der Waals surface area contributed by atoms with Crippen LogP contribution in [-0.4, -0.2) is 36.2 Å². The lowest BCUT2D eigenvalue weighted by atomic mass is 10.1. The fraction of sp³-hybridized carbons (Fsp3) is 0.562. The highest BCUT2D eigenvalue weighted by molar-refractivity contribution is 5.74. The van der Waals surface area contributed by atoms with Gasteiger partial charge in [-0.25, -0.2) is 9.18 Å². The van der Waals surface area contributed by atoms with Crippen molar-refractivity contribution in [1.82, 2.24) is 10.2 Å². The summed E-state index contributed by atoms with van der Waals surface area (Å²) >= 11 is 0. The molecule has 5 heteroatoms. The molecule has 1 aromatic carbocycles. The molecule has 2 atom stereocenters. The van der Waals surface area contributed by atoms with E-state index in [0.717, 1.165) is 25.0 Å². The largest absolute Gasteiger partial charge is 0.376 e. The minimum Gasteiger partial charge on any atom is -0.376 e. The van der Waals surface area contributed by atoms with Gasteiger partial charge in [-0.3, -0.25) is 0 Å². The molecule has 21 heavy (non-hydrogen) atoms. The van der Waals surface area contributed by atoms with E-state index in [4.69, 9.17) is 4.74 Å². The van der Waals surface area contributed by atoms with Gasteiger partial charge in [-0.15, -0.1) is 0 Å². The smallest absolute Gasteiger partial charge is 0.317 e. The standard InChI is InChI=1S/C16H23FN2O2/c1-3-19(11-13-6-4-7-14(17)10-13)16(20)18-12(2)15-8-5-9-21-15/h4,6-7,10,12,15H,3,5,8-9,11H2,1-2H3,(H,18,20). The molecule has 116 valence electrons. The molecule has 4 nitrogen and oxygen atoms in total. The van der Waals surface area contributed by atoms with Crippen molar-refractivity contribution in [2.24, 2.45) is 0 Å². The number of hydrogen-bond acceptors (Lipinski definition) is 2. The first-order chi connectivity index (χ1) is 10.1. The van der Waals surface area contributed by atoms with Crippen molar-refractivity contribution in [3.8, 4) is 0 Å². The van der Waals surface area contributed by atoms with Gasteiger partial charge in [0.2, 0.25) is 0 Å². The van der Waals surface area contributed by atoms with E-state index in [9.17, 15) is 9.18 Å². The van der Waals surface area contributed by atoms with Gasteiger partial charge in [-0.05, 0) is 44.4 Å². The predicted octanol–water partition coefficient (Wildman–Crippen LogP) is 2.92. The Morgan fingerprint density at radius 3 is 3.00 bits per heavy atom. The molecule has 1 aromatic rings. The van der Waals surface area contributed by atoms with E-state index in [2.05, 4.69) is 5.32 Å². The number of rotatable bonds is 5. The SMILES string of the molecule is CCN(Cc1cccc(F)c1)C(=O)NC(C)C1CCCO1. The number of urea groups is 1. The molecule has 0 spiro atoms. The van der Waals surface area contributed by atoms with Gasteiger partial charge in [-0.1, -0.05) is 12.1 Å². The monoisotopic (exact) mass is 294 g/mol. The van der Waals surface area contributed by atoms with Gasteiger partial charge < -0.3 is 15.0 Å². The predicted molar refractivity (Wildman–Crippen MR) is 79.5 cm³/mol. The van der Waals surface area contributed by atoms with Crippen LogP contribution in [0, 0.1) is 5.82 Å². The van der Waals surface area contributed by atoms with Crippen LogP contribution in [0.15, 0.2) is 24.3 Å². The summed E-state index contributed by atoms with van der Waals surface area (Å²) < 4.78 is 18.8. The Bertz CT molecular complexity index is 475. The van der Waals surface area contributed by atoms with E-state index in [-0.39, 0.29) is 24.0 Å². The summed E-state index contributed by atoms with van der Waals surface area (Å²) in [4.78, 5) is 14.0.